The van der Waals surface area contributed by atoms with Crippen LogP contribution in [0.5, 0.6) is 0 Å². The minimum atomic E-state index is -0.609. The topological polar surface area (TPSA) is 49.3 Å². The average molecular weight is 287 g/mol. The Labute approximate surface area is 126 Å². The van der Waals surface area contributed by atoms with Crippen LogP contribution in [0.1, 0.15) is 49.1 Å². The highest BCUT2D eigenvalue weighted by Crippen LogP contribution is 2.33. The molecule has 0 aromatic heterocycles. The van der Waals surface area contributed by atoms with Crippen molar-refractivity contribution in [3.8, 4) is 0 Å². The Morgan fingerprint density at radius 1 is 1.14 bits per heavy atom. The summed E-state index contributed by atoms with van der Waals surface area (Å²) in [6.07, 6.45) is 6.70. The van der Waals surface area contributed by atoms with Gasteiger partial charge >= 0.3 is 5.97 Å². The quantitative estimate of drug-likeness (QED) is 0.874. The standard InChI is InChI=1S/C18H25NO2/c20-18(21)17-10-4-8-15(17)12-19-11-14-7-3-6-13-5-1-2-9-16(13)14/h1-2,5,9,14-15,17,19H,3-4,6-8,10-12H2,(H,20,21). The third-order valence-corrected chi connectivity index (χ3v) is 5.27. The molecule has 1 aromatic rings. The van der Waals surface area contributed by atoms with Gasteiger partial charge in [-0.15, -0.1) is 0 Å². The lowest BCUT2D eigenvalue weighted by molar-refractivity contribution is -0.142. The van der Waals surface area contributed by atoms with Crippen LogP contribution in [0.15, 0.2) is 24.3 Å². The predicted octanol–water partition coefficient (Wildman–Crippen LogP) is 3.20. The molecule has 3 rings (SSSR count). The summed E-state index contributed by atoms with van der Waals surface area (Å²) < 4.78 is 0. The molecule has 3 nitrogen and oxygen atoms in total. The van der Waals surface area contributed by atoms with Gasteiger partial charge in [0.05, 0.1) is 5.92 Å². The van der Waals surface area contributed by atoms with Crippen LogP contribution in [0.2, 0.25) is 0 Å². The zero-order valence-electron chi connectivity index (χ0n) is 12.6. The number of carboxylic acids is 1. The van der Waals surface area contributed by atoms with Gasteiger partial charge in [0, 0.05) is 6.54 Å². The summed E-state index contributed by atoms with van der Waals surface area (Å²) in [7, 11) is 0. The zero-order chi connectivity index (χ0) is 14.7. The van der Waals surface area contributed by atoms with Crippen LogP contribution in [0, 0.1) is 11.8 Å². The lowest BCUT2D eigenvalue weighted by atomic mass is 9.83. The molecule has 0 spiro atoms. The largest absolute Gasteiger partial charge is 0.481 e. The van der Waals surface area contributed by atoms with Crippen molar-refractivity contribution in [1.29, 1.82) is 0 Å². The predicted molar refractivity (Wildman–Crippen MR) is 83.5 cm³/mol. The summed E-state index contributed by atoms with van der Waals surface area (Å²) in [5, 5.41) is 12.8. The van der Waals surface area contributed by atoms with Crippen LogP contribution in [0.25, 0.3) is 0 Å². The molecule has 2 N–H and O–H groups in total. The number of aryl methyl sites for hydroxylation is 1. The van der Waals surface area contributed by atoms with Crippen molar-refractivity contribution in [2.24, 2.45) is 11.8 Å². The Morgan fingerprint density at radius 2 is 2.00 bits per heavy atom. The first-order valence-electron chi connectivity index (χ1n) is 8.27. The van der Waals surface area contributed by atoms with Gasteiger partial charge in [-0.25, -0.2) is 0 Å². The molecule has 3 unspecified atom stereocenters. The maximum Gasteiger partial charge on any atom is 0.306 e. The van der Waals surface area contributed by atoms with Crippen LogP contribution in [-0.4, -0.2) is 24.2 Å². The van der Waals surface area contributed by atoms with Crippen molar-refractivity contribution in [2.45, 2.75) is 44.4 Å². The molecule has 0 saturated heterocycles. The van der Waals surface area contributed by atoms with E-state index in [-0.39, 0.29) is 5.92 Å². The van der Waals surface area contributed by atoms with E-state index in [0.717, 1.165) is 32.4 Å². The van der Waals surface area contributed by atoms with Gasteiger partial charge in [0.25, 0.3) is 0 Å². The normalized spacial score (nSPS) is 28.3. The Bertz CT molecular complexity index is 500. The molecule has 0 radical (unpaired) electrons. The first-order chi connectivity index (χ1) is 10.3. The Kier molecular flexibility index (Phi) is 4.59. The molecule has 1 fully saturated rings. The summed E-state index contributed by atoms with van der Waals surface area (Å²) in [5.74, 6) is 0.180. The van der Waals surface area contributed by atoms with Gasteiger partial charge in [0.2, 0.25) is 0 Å². The van der Waals surface area contributed by atoms with Crippen LogP contribution >= 0.6 is 0 Å². The second-order valence-electron chi connectivity index (χ2n) is 6.58. The van der Waals surface area contributed by atoms with Crippen LogP contribution in [0.3, 0.4) is 0 Å². The van der Waals surface area contributed by atoms with Crippen LogP contribution in [0.4, 0.5) is 0 Å². The third kappa shape index (κ3) is 3.29. The fourth-order valence-electron chi connectivity index (χ4n) is 4.12. The van der Waals surface area contributed by atoms with Crippen molar-refractivity contribution >= 4 is 5.97 Å². The van der Waals surface area contributed by atoms with Gasteiger partial charge in [-0.05, 0) is 61.6 Å². The van der Waals surface area contributed by atoms with Crippen molar-refractivity contribution in [1.82, 2.24) is 5.32 Å². The van der Waals surface area contributed by atoms with E-state index < -0.39 is 5.97 Å². The first-order valence-corrected chi connectivity index (χ1v) is 8.27. The second-order valence-corrected chi connectivity index (χ2v) is 6.58. The number of carbonyl (C=O) groups is 1. The monoisotopic (exact) mass is 287 g/mol. The Balaban J connectivity index is 1.53. The highest BCUT2D eigenvalue weighted by atomic mass is 16.4. The number of rotatable bonds is 5. The van der Waals surface area contributed by atoms with Crippen molar-refractivity contribution < 1.29 is 9.90 Å². The second kappa shape index (κ2) is 6.61. The fourth-order valence-corrected chi connectivity index (χ4v) is 4.12. The van der Waals surface area contributed by atoms with E-state index in [1.54, 1.807) is 0 Å². The van der Waals surface area contributed by atoms with Gasteiger partial charge in [-0.1, -0.05) is 30.7 Å². The molecule has 3 heteroatoms. The smallest absolute Gasteiger partial charge is 0.306 e. The summed E-state index contributed by atoms with van der Waals surface area (Å²) >= 11 is 0. The van der Waals surface area contributed by atoms with Gasteiger partial charge in [-0.3, -0.25) is 4.79 Å². The number of nitrogens with one attached hydrogen (secondary N) is 1. The van der Waals surface area contributed by atoms with E-state index in [2.05, 4.69) is 29.6 Å². The molecule has 0 amide bonds. The SMILES string of the molecule is O=C(O)C1CCCC1CNCC1CCCc2ccccc21. The van der Waals surface area contributed by atoms with E-state index >= 15 is 0 Å². The van der Waals surface area contributed by atoms with Crippen LogP contribution in [-0.2, 0) is 11.2 Å². The van der Waals surface area contributed by atoms with Gasteiger partial charge in [0.1, 0.15) is 0 Å². The molecule has 1 saturated carbocycles. The maximum atomic E-state index is 11.2. The molecule has 0 aliphatic heterocycles. The van der Waals surface area contributed by atoms with Gasteiger partial charge in [-0.2, -0.15) is 0 Å². The maximum absolute atomic E-state index is 11.2. The van der Waals surface area contributed by atoms with Crippen LogP contribution < -0.4 is 5.32 Å². The summed E-state index contributed by atoms with van der Waals surface area (Å²) in [4.78, 5) is 11.2. The number of fused-ring (bicyclic) bond motifs is 1. The minimum Gasteiger partial charge on any atom is -0.481 e. The summed E-state index contributed by atoms with van der Waals surface area (Å²) in [6, 6.07) is 8.77. The molecule has 21 heavy (non-hydrogen) atoms. The van der Waals surface area contributed by atoms with E-state index in [9.17, 15) is 9.90 Å². The Hall–Kier alpha value is -1.35. The van der Waals surface area contributed by atoms with E-state index in [1.165, 1.54) is 30.4 Å². The molecule has 0 bridgehead atoms. The number of hydrogen-bond acceptors (Lipinski definition) is 2. The summed E-state index contributed by atoms with van der Waals surface area (Å²) in [5.41, 5.74) is 3.00. The Morgan fingerprint density at radius 3 is 2.86 bits per heavy atom. The highest BCUT2D eigenvalue weighted by Gasteiger charge is 2.32. The fraction of sp³-hybridized carbons (Fsp3) is 0.611. The lowest BCUT2D eigenvalue weighted by Crippen LogP contribution is -2.32. The number of aliphatic carboxylic acids is 1. The van der Waals surface area contributed by atoms with Gasteiger partial charge < -0.3 is 10.4 Å². The van der Waals surface area contributed by atoms with E-state index in [4.69, 9.17) is 0 Å². The average Bonchev–Trinajstić information content (AvgIpc) is 2.96. The molecule has 1 aromatic carbocycles. The molecule has 3 atom stereocenters. The summed E-state index contributed by atoms with van der Waals surface area (Å²) in [6.45, 7) is 1.84. The molecule has 2 aliphatic carbocycles. The van der Waals surface area contributed by atoms with E-state index in [1.807, 2.05) is 0 Å². The number of carboxylic acid groups (broad SMARTS) is 1. The van der Waals surface area contributed by atoms with Crippen molar-refractivity contribution in [3.63, 3.8) is 0 Å². The lowest BCUT2D eigenvalue weighted by Gasteiger charge is -2.26. The third-order valence-electron chi connectivity index (χ3n) is 5.27. The molecule has 0 heterocycles. The molecule has 114 valence electrons. The first kappa shape index (κ1) is 14.6. The zero-order valence-corrected chi connectivity index (χ0v) is 12.6. The molecular formula is C18H25NO2. The minimum absolute atomic E-state index is 0.129. The van der Waals surface area contributed by atoms with Gasteiger partial charge in [0.15, 0.2) is 0 Å². The molecular weight excluding hydrogens is 262 g/mol. The van der Waals surface area contributed by atoms with Crippen molar-refractivity contribution in [2.75, 3.05) is 13.1 Å². The highest BCUT2D eigenvalue weighted by molar-refractivity contribution is 5.70. The number of benzene rings is 1. The number of hydrogen-bond donors (Lipinski definition) is 2. The van der Waals surface area contributed by atoms with Crippen molar-refractivity contribution in [3.05, 3.63) is 35.4 Å². The molecule has 2 aliphatic rings. The van der Waals surface area contributed by atoms with E-state index in [0.29, 0.717) is 11.8 Å².